The molecule has 0 N–H and O–H groups in total. The van der Waals surface area contributed by atoms with Gasteiger partial charge in [0.05, 0.1) is 12.7 Å². The number of carbonyl (C=O) groups is 1. The predicted molar refractivity (Wildman–Crippen MR) is 75.4 cm³/mol. The van der Waals surface area contributed by atoms with Gasteiger partial charge in [0.1, 0.15) is 10.8 Å². The highest BCUT2D eigenvalue weighted by Gasteiger charge is 2.20. The van der Waals surface area contributed by atoms with E-state index in [0.29, 0.717) is 10.6 Å². The topological polar surface area (TPSA) is 39.2 Å². The highest BCUT2D eigenvalue weighted by atomic mass is 32.2. The zero-order valence-electron chi connectivity index (χ0n) is 10.7. The molecule has 1 heterocycles. The van der Waals surface area contributed by atoms with Gasteiger partial charge >= 0.3 is 5.97 Å². The van der Waals surface area contributed by atoms with Crippen LogP contribution >= 0.6 is 23.1 Å². The van der Waals surface area contributed by atoms with Crippen LogP contribution in [0.25, 0.3) is 10.6 Å². The Morgan fingerprint density at radius 2 is 2.21 bits per heavy atom. The van der Waals surface area contributed by atoms with Crippen LogP contribution in [0.5, 0.6) is 0 Å². The van der Waals surface area contributed by atoms with Gasteiger partial charge in [-0.1, -0.05) is 6.07 Å². The highest BCUT2D eigenvalue weighted by molar-refractivity contribution is 7.98. The summed E-state index contributed by atoms with van der Waals surface area (Å²) in [5, 5.41) is 0.500. The summed E-state index contributed by atoms with van der Waals surface area (Å²) < 4.78 is 18.6. The zero-order chi connectivity index (χ0) is 14.0. The molecule has 0 radical (unpaired) electrons. The summed E-state index contributed by atoms with van der Waals surface area (Å²) in [7, 11) is 1.30. The Morgan fingerprint density at radius 3 is 2.84 bits per heavy atom. The lowest BCUT2D eigenvalue weighted by molar-refractivity contribution is 0.0594. The van der Waals surface area contributed by atoms with Crippen molar-refractivity contribution in [3.63, 3.8) is 0 Å². The number of benzene rings is 1. The molecular formula is C13H12FNO2S2. The van der Waals surface area contributed by atoms with Crippen LogP contribution in [0.4, 0.5) is 4.39 Å². The lowest BCUT2D eigenvalue weighted by Gasteiger charge is -2.04. The van der Waals surface area contributed by atoms with E-state index in [1.54, 1.807) is 13.0 Å². The second-order valence-electron chi connectivity index (χ2n) is 3.73. The molecule has 0 aliphatic heterocycles. The minimum absolute atomic E-state index is 0.248. The second-order valence-corrected chi connectivity index (χ2v) is 5.78. The number of esters is 1. The number of aromatic nitrogens is 1. The van der Waals surface area contributed by atoms with Crippen molar-refractivity contribution in [2.75, 3.05) is 13.4 Å². The number of nitrogens with zero attached hydrogens (tertiary/aromatic N) is 1. The Kier molecular flexibility index (Phi) is 4.21. The van der Waals surface area contributed by atoms with Gasteiger partial charge in [-0.25, -0.2) is 14.2 Å². The van der Waals surface area contributed by atoms with Gasteiger partial charge in [0.25, 0.3) is 0 Å². The van der Waals surface area contributed by atoms with Crippen LogP contribution in [0.3, 0.4) is 0 Å². The average Bonchev–Trinajstić information content (AvgIpc) is 2.79. The van der Waals surface area contributed by atoms with Gasteiger partial charge in [-0.2, -0.15) is 0 Å². The van der Waals surface area contributed by atoms with E-state index in [2.05, 4.69) is 9.72 Å². The molecule has 0 atom stereocenters. The van der Waals surface area contributed by atoms with Crippen molar-refractivity contribution in [2.24, 2.45) is 0 Å². The molecule has 0 saturated carbocycles. The first-order valence-corrected chi connectivity index (χ1v) is 7.51. The van der Waals surface area contributed by atoms with Crippen LogP contribution in [0.15, 0.2) is 23.1 Å². The number of hydrogen-bond acceptors (Lipinski definition) is 5. The molecule has 0 amide bonds. The number of rotatable bonds is 3. The summed E-state index contributed by atoms with van der Waals surface area (Å²) in [6.45, 7) is 1.77. The van der Waals surface area contributed by atoms with Crippen molar-refractivity contribution in [3.8, 4) is 10.6 Å². The van der Waals surface area contributed by atoms with Crippen molar-refractivity contribution >= 4 is 29.1 Å². The van der Waals surface area contributed by atoms with Gasteiger partial charge < -0.3 is 4.74 Å². The van der Waals surface area contributed by atoms with E-state index in [9.17, 15) is 9.18 Å². The third-order valence-corrected chi connectivity index (χ3v) is 4.35. The van der Waals surface area contributed by atoms with Crippen molar-refractivity contribution in [1.82, 2.24) is 4.98 Å². The van der Waals surface area contributed by atoms with Gasteiger partial charge in [-0.05, 0) is 25.3 Å². The molecule has 0 aliphatic carbocycles. The van der Waals surface area contributed by atoms with E-state index in [4.69, 9.17) is 0 Å². The third kappa shape index (κ3) is 2.64. The van der Waals surface area contributed by atoms with E-state index in [-0.39, 0.29) is 11.5 Å². The lowest BCUT2D eigenvalue weighted by Crippen LogP contribution is -2.03. The van der Waals surface area contributed by atoms with Crippen molar-refractivity contribution < 1.29 is 13.9 Å². The fourth-order valence-corrected chi connectivity index (χ4v) is 3.31. The highest BCUT2D eigenvalue weighted by Crippen LogP contribution is 2.36. The Balaban J connectivity index is 2.57. The molecule has 2 aromatic rings. The van der Waals surface area contributed by atoms with Crippen molar-refractivity contribution in [3.05, 3.63) is 34.6 Å². The maximum absolute atomic E-state index is 14.0. The molecule has 0 saturated heterocycles. The quantitative estimate of drug-likeness (QED) is 0.638. The summed E-state index contributed by atoms with van der Waals surface area (Å²) in [5.41, 5.74) is 0.691. The standard InChI is InChI=1S/C13H12FNO2S2/c1-7-11(13(16)17-2)15-12(19-7)10-8(14)5-4-6-9(10)18-3/h4-6H,1-3H3. The van der Waals surface area contributed by atoms with Gasteiger partial charge in [-0.3, -0.25) is 0 Å². The van der Waals surface area contributed by atoms with Crippen molar-refractivity contribution in [1.29, 1.82) is 0 Å². The van der Waals surface area contributed by atoms with Gasteiger partial charge in [0, 0.05) is 9.77 Å². The average molecular weight is 297 g/mol. The third-order valence-electron chi connectivity index (χ3n) is 2.58. The molecule has 19 heavy (non-hydrogen) atoms. The van der Waals surface area contributed by atoms with Crippen LogP contribution < -0.4 is 0 Å². The van der Waals surface area contributed by atoms with E-state index < -0.39 is 5.97 Å². The predicted octanol–water partition coefficient (Wildman–Crippen LogP) is 3.77. The summed E-state index contributed by atoms with van der Waals surface area (Å²) >= 11 is 2.73. The molecule has 1 aromatic carbocycles. The van der Waals surface area contributed by atoms with Crippen LogP contribution in [-0.4, -0.2) is 24.3 Å². The Bertz CT molecular complexity index is 625. The Hall–Kier alpha value is -1.40. The Morgan fingerprint density at radius 1 is 1.47 bits per heavy atom. The van der Waals surface area contributed by atoms with Crippen LogP contribution in [0.2, 0.25) is 0 Å². The minimum Gasteiger partial charge on any atom is -0.464 e. The molecule has 1 aromatic heterocycles. The van der Waals surface area contributed by atoms with Gasteiger partial charge in [0.15, 0.2) is 5.69 Å². The first-order valence-electron chi connectivity index (χ1n) is 5.47. The molecule has 100 valence electrons. The monoisotopic (exact) mass is 297 g/mol. The smallest absolute Gasteiger partial charge is 0.357 e. The molecule has 0 unspecified atom stereocenters. The minimum atomic E-state index is -0.498. The van der Waals surface area contributed by atoms with E-state index in [1.165, 1.54) is 36.3 Å². The summed E-state index contributed by atoms with van der Waals surface area (Å²) in [6.07, 6.45) is 1.87. The molecule has 0 fully saturated rings. The number of halogens is 1. The largest absolute Gasteiger partial charge is 0.464 e. The first-order chi connectivity index (χ1) is 9.08. The van der Waals surface area contributed by atoms with Crippen LogP contribution in [0.1, 0.15) is 15.4 Å². The maximum atomic E-state index is 14.0. The summed E-state index contributed by atoms with van der Waals surface area (Å²) in [4.78, 5) is 17.3. The Labute approximate surface area is 118 Å². The number of ether oxygens (including phenoxy) is 1. The van der Waals surface area contributed by atoms with E-state index in [0.717, 1.165) is 9.77 Å². The van der Waals surface area contributed by atoms with Crippen LogP contribution in [0, 0.1) is 12.7 Å². The lowest BCUT2D eigenvalue weighted by atomic mass is 10.2. The molecule has 0 aliphatic rings. The summed E-state index contributed by atoms with van der Waals surface area (Å²) in [5.74, 6) is -0.834. The van der Waals surface area contributed by atoms with E-state index in [1.807, 2.05) is 12.3 Å². The molecule has 2 rings (SSSR count). The normalized spacial score (nSPS) is 10.5. The van der Waals surface area contributed by atoms with Gasteiger partial charge in [-0.15, -0.1) is 23.1 Å². The number of aryl methyl sites for hydroxylation is 1. The number of thioether (sulfide) groups is 1. The zero-order valence-corrected chi connectivity index (χ0v) is 12.3. The van der Waals surface area contributed by atoms with Crippen molar-refractivity contribution in [2.45, 2.75) is 11.8 Å². The first kappa shape index (κ1) is 14.0. The van der Waals surface area contributed by atoms with Gasteiger partial charge in [0.2, 0.25) is 0 Å². The second kappa shape index (κ2) is 5.71. The number of carbonyl (C=O) groups excluding carboxylic acids is 1. The van der Waals surface area contributed by atoms with Crippen LogP contribution in [-0.2, 0) is 4.74 Å². The molecule has 3 nitrogen and oxygen atoms in total. The summed E-state index contributed by atoms with van der Waals surface area (Å²) in [6, 6.07) is 4.88. The van der Waals surface area contributed by atoms with E-state index >= 15 is 0 Å². The number of thiazole rings is 1. The molecular weight excluding hydrogens is 285 g/mol. The molecule has 0 bridgehead atoms. The molecule has 0 spiro atoms. The SMILES string of the molecule is COC(=O)c1nc(-c2c(F)cccc2SC)sc1C. The number of methoxy groups -OCH3 is 1. The molecule has 6 heteroatoms. The fraction of sp³-hybridized carbons (Fsp3) is 0.231. The fourth-order valence-electron chi connectivity index (χ4n) is 1.67. The number of hydrogen-bond donors (Lipinski definition) is 0. The maximum Gasteiger partial charge on any atom is 0.357 e.